The smallest absolute Gasteiger partial charge is 0.253 e. The zero-order chi connectivity index (χ0) is 18.0. The highest BCUT2D eigenvalue weighted by Crippen LogP contribution is 2.46. The molecule has 3 rings (SSSR count). The lowest BCUT2D eigenvalue weighted by atomic mass is 9.63. The van der Waals surface area contributed by atoms with Crippen molar-refractivity contribution in [3.8, 4) is 0 Å². The fourth-order valence-electron chi connectivity index (χ4n) is 4.13. The van der Waals surface area contributed by atoms with E-state index in [0.717, 1.165) is 11.5 Å². The fraction of sp³-hybridized carbons (Fsp3) is 0.435. The third-order valence-electron chi connectivity index (χ3n) is 5.79. The van der Waals surface area contributed by atoms with E-state index in [2.05, 4.69) is 50.2 Å². The van der Waals surface area contributed by atoms with E-state index < -0.39 is 0 Å². The molecule has 1 fully saturated rings. The molecule has 2 aromatic carbocycles. The van der Waals surface area contributed by atoms with E-state index in [9.17, 15) is 4.79 Å². The Kier molecular flexibility index (Phi) is 4.99. The third-order valence-corrected chi connectivity index (χ3v) is 5.79. The number of nitrogens with zero attached hydrogens (tertiary/aromatic N) is 1. The summed E-state index contributed by atoms with van der Waals surface area (Å²) in [5.74, 6) is 0.862. The zero-order valence-electron chi connectivity index (χ0n) is 15.9. The minimum atomic E-state index is 0.0634. The Morgan fingerprint density at radius 1 is 1.00 bits per heavy atom. The molecule has 0 heterocycles. The van der Waals surface area contributed by atoms with E-state index in [-0.39, 0.29) is 11.3 Å². The van der Waals surface area contributed by atoms with Crippen LogP contribution in [-0.4, -0.2) is 24.9 Å². The third kappa shape index (κ3) is 3.49. The highest BCUT2D eigenvalue weighted by Gasteiger charge is 2.37. The maximum atomic E-state index is 12.2. The predicted molar refractivity (Wildman–Crippen MR) is 104 cm³/mol. The van der Waals surface area contributed by atoms with E-state index in [0.29, 0.717) is 0 Å². The zero-order valence-corrected chi connectivity index (χ0v) is 15.9. The Morgan fingerprint density at radius 2 is 1.64 bits per heavy atom. The molecular formula is C23H29NO. The van der Waals surface area contributed by atoms with Crippen LogP contribution in [0.1, 0.15) is 59.7 Å². The van der Waals surface area contributed by atoms with Crippen molar-refractivity contribution in [3.05, 3.63) is 70.8 Å². The van der Waals surface area contributed by atoms with Crippen molar-refractivity contribution in [2.45, 2.75) is 44.9 Å². The van der Waals surface area contributed by atoms with Gasteiger partial charge >= 0.3 is 0 Å². The number of benzene rings is 2. The second-order valence-corrected chi connectivity index (χ2v) is 7.91. The molecule has 1 amide bonds. The minimum absolute atomic E-state index is 0.0634. The van der Waals surface area contributed by atoms with Crippen LogP contribution in [0.4, 0.5) is 0 Å². The van der Waals surface area contributed by atoms with Gasteiger partial charge in [0.1, 0.15) is 0 Å². The fourth-order valence-corrected chi connectivity index (χ4v) is 4.13. The van der Waals surface area contributed by atoms with Crippen molar-refractivity contribution in [2.24, 2.45) is 5.92 Å². The molecular weight excluding hydrogens is 306 g/mol. The van der Waals surface area contributed by atoms with Crippen LogP contribution in [0.5, 0.6) is 0 Å². The number of aryl methyl sites for hydroxylation is 1. The van der Waals surface area contributed by atoms with Crippen LogP contribution in [0.15, 0.2) is 48.5 Å². The van der Waals surface area contributed by atoms with Gasteiger partial charge in [-0.2, -0.15) is 0 Å². The SMILES string of the molecule is Cc1cccc(C2(c3ccc(C(=O)N(C)C)cc3)CCC(C)CC2)c1. The van der Waals surface area contributed by atoms with Gasteiger partial charge in [-0.25, -0.2) is 0 Å². The predicted octanol–water partition coefficient (Wildman–Crippen LogP) is 5.19. The average molecular weight is 335 g/mol. The normalized spacial score (nSPS) is 23.3. The number of carbonyl (C=O) groups excluding carboxylic acids is 1. The van der Waals surface area contributed by atoms with Crippen molar-refractivity contribution in [3.63, 3.8) is 0 Å². The number of hydrogen-bond donors (Lipinski definition) is 0. The summed E-state index contributed by atoms with van der Waals surface area (Å²) in [5, 5.41) is 0. The van der Waals surface area contributed by atoms with Crippen LogP contribution < -0.4 is 0 Å². The molecule has 0 N–H and O–H groups in total. The lowest BCUT2D eigenvalue weighted by Crippen LogP contribution is -2.32. The molecule has 1 aliphatic carbocycles. The van der Waals surface area contributed by atoms with Gasteiger partial charge in [0, 0.05) is 25.1 Å². The summed E-state index contributed by atoms with van der Waals surface area (Å²) in [4.78, 5) is 13.8. The van der Waals surface area contributed by atoms with Gasteiger partial charge in [-0.15, -0.1) is 0 Å². The topological polar surface area (TPSA) is 20.3 Å². The van der Waals surface area contributed by atoms with Crippen molar-refractivity contribution in [1.82, 2.24) is 4.90 Å². The van der Waals surface area contributed by atoms with Crippen molar-refractivity contribution in [2.75, 3.05) is 14.1 Å². The van der Waals surface area contributed by atoms with Crippen LogP contribution in [-0.2, 0) is 5.41 Å². The molecule has 2 nitrogen and oxygen atoms in total. The highest BCUT2D eigenvalue weighted by molar-refractivity contribution is 5.93. The molecule has 2 heteroatoms. The molecule has 0 aromatic heterocycles. The molecule has 25 heavy (non-hydrogen) atoms. The standard InChI is InChI=1S/C23H29NO/c1-17-12-14-23(15-13-17,21-7-5-6-18(2)16-21)20-10-8-19(9-11-20)22(25)24(3)4/h5-11,16-17H,12-15H2,1-4H3. The van der Waals surface area contributed by atoms with Crippen LogP contribution in [0.2, 0.25) is 0 Å². The van der Waals surface area contributed by atoms with Gasteiger partial charge < -0.3 is 4.90 Å². The van der Waals surface area contributed by atoms with Gasteiger partial charge in [-0.3, -0.25) is 4.79 Å². The van der Waals surface area contributed by atoms with Gasteiger partial charge in [0.15, 0.2) is 0 Å². The first-order valence-electron chi connectivity index (χ1n) is 9.32. The molecule has 1 aliphatic rings. The van der Waals surface area contributed by atoms with Gasteiger partial charge in [0.2, 0.25) is 0 Å². The van der Waals surface area contributed by atoms with Crippen LogP contribution in [0, 0.1) is 12.8 Å². The van der Waals surface area contributed by atoms with Crippen molar-refractivity contribution >= 4 is 5.91 Å². The summed E-state index contributed by atoms with van der Waals surface area (Å²) in [6.07, 6.45) is 4.87. The van der Waals surface area contributed by atoms with E-state index in [1.807, 2.05) is 12.1 Å². The first-order valence-corrected chi connectivity index (χ1v) is 9.32. The quantitative estimate of drug-likeness (QED) is 0.755. The lowest BCUT2D eigenvalue weighted by molar-refractivity contribution is 0.0827. The number of hydrogen-bond acceptors (Lipinski definition) is 1. The van der Waals surface area contributed by atoms with Crippen molar-refractivity contribution in [1.29, 1.82) is 0 Å². The molecule has 132 valence electrons. The molecule has 0 bridgehead atoms. The molecule has 0 atom stereocenters. The monoisotopic (exact) mass is 335 g/mol. The van der Waals surface area contributed by atoms with Crippen molar-refractivity contribution < 1.29 is 4.79 Å². The Morgan fingerprint density at radius 3 is 2.20 bits per heavy atom. The van der Waals surface area contributed by atoms with Gasteiger partial charge in [0.05, 0.1) is 0 Å². The van der Waals surface area contributed by atoms with Crippen LogP contribution in [0.3, 0.4) is 0 Å². The van der Waals surface area contributed by atoms with Gasteiger partial charge in [-0.1, -0.05) is 48.9 Å². The summed E-state index contributed by atoms with van der Waals surface area (Å²) >= 11 is 0. The lowest BCUT2D eigenvalue weighted by Gasteiger charge is -2.41. The van der Waals surface area contributed by atoms with Gasteiger partial charge in [-0.05, 0) is 61.8 Å². The second kappa shape index (κ2) is 7.03. The van der Waals surface area contributed by atoms with E-state index in [1.165, 1.54) is 42.4 Å². The minimum Gasteiger partial charge on any atom is -0.345 e. The largest absolute Gasteiger partial charge is 0.345 e. The highest BCUT2D eigenvalue weighted by atomic mass is 16.2. The van der Waals surface area contributed by atoms with Crippen LogP contribution >= 0.6 is 0 Å². The Bertz CT molecular complexity index is 737. The van der Waals surface area contributed by atoms with Gasteiger partial charge in [0.25, 0.3) is 5.91 Å². The Balaban J connectivity index is 2.02. The van der Waals surface area contributed by atoms with E-state index in [1.54, 1.807) is 19.0 Å². The Hall–Kier alpha value is -2.09. The number of amides is 1. The molecule has 0 aliphatic heterocycles. The summed E-state index contributed by atoms with van der Waals surface area (Å²) in [7, 11) is 3.60. The summed E-state index contributed by atoms with van der Waals surface area (Å²) in [6, 6.07) is 17.3. The summed E-state index contributed by atoms with van der Waals surface area (Å²) in [5.41, 5.74) is 4.93. The van der Waals surface area contributed by atoms with Crippen LogP contribution in [0.25, 0.3) is 0 Å². The Labute approximate surface area is 151 Å². The molecule has 0 spiro atoms. The molecule has 2 aromatic rings. The van der Waals surface area contributed by atoms with E-state index >= 15 is 0 Å². The van der Waals surface area contributed by atoms with E-state index in [4.69, 9.17) is 0 Å². The number of rotatable bonds is 3. The molecule has 0 saturated heterocycles. The first-order chi connectivity index (χ1) is 11.9. The summed E-state index contributed by atoms with van der Waals surface area (Å²) < 4.78 is 0. The number of carbonyl (C=O) groups is 1. The maximum absolute atomic E-state index is 12.2. The maximum Gasteiger partial charge on any atom is 0.253 e. The second-order valence-electron chi connectivity index (χ2n) is 7.91. The molecule has 1 saturated carbocycles. The first kappa shape index (κ1) is 17.7. The average Bonchev–Trinajstić information content (AvgIpc) is 2.62. The molecule has 0 radical (unpaired) electrons. The summed E-state index contributed by atoms with van der Waals surface area (Å²) in [6.45, 7) is 4.53. The molecule has 0 unspecified atom stereocenters.